The zero-order valence-electron chi connectivity index (χ0n) is 10.7. The second kappa shape index (κ2) is 6.91. The Labute approximate surface area is 107 Å². The highest BCUT2D eigenvalue weighted by atomic mass is 16.4. The molecule has 1 aromatic carbocycles. The van der Waals surface area contributed by atoms with E-state index in [1.165, 1.54) is 0 Å². The van der Waals surface area contributed by atoms with E-state index >= 15 is 0 Å². The predicted octanol–water partition coefficient (Wildman–Crippen LogP) is 1.70. The van der Waals surface area contributed by atoms with Gasteiger partial charge in [0.25, 0.3) is 0 Å². The molecule has 0 bridgehead atoms. The maximum atomic E-state index is 11.2. The van der Waals surface area contributed by atoms with Gasteiger partial charge >= 0.3 is 5.97 Å². The highest BCUT2D eigenvalue weighted by Crippen LogP contribution is 2.14. The van der Waals surface area contributed by atoms with Crippen molar-refractivity contribution in [3.05, 3.63) is 35.9 Å². The van der Waals surface area contributed by atoms with Crippen molar-refractivity contribution in [2.45, 2.75) is 26.4 Å². The minimum Gasteiger partial charge on any atom is -0.480 e. The molecule has 0 spiro atoms. The molecule has 0 saturated heterocycles. The van der Waals surface area contributed by atoms with Gasteiger partial charge in [0.05, 0.1) is 0 Å². The van der Waals surface area contributed by atoms with Crippen molar-refractivity contribution in [1.29, 1.82) is 0 Å². The summed E-state index contributed by atoms with van der Waals surface area (Å²) in [6, 6.07) is 8.68. The summed E-state index contributed by atoms with van der Waals surface area (Å²) in [5, 5.41) is 12.1. The molecule has 2 N–H and O–H groups in total. The fraction of sp³-hybridized carbons (Fsp3) is 0.429. The van der Waals surface area contributed by atoms with Crippen LogP contribution in [0.25, 0.3) is 0 Å². The Morgan fingerprint density at radius 1 is 1.33 bits per heavy atom. The SMILES string of the molecule is CC(C)C(C=O)[C@H](NCc1ccccc1)C(=O)O. The second-order valence-electron chi connectivity index (χ2n) is 4.64. The molecule has 18 heavy (non-hydrogen) atoms. The van der Waals surface area contributed by atoms with Crippen LogP contribution >= 0.6 is 0 Å². The van der Waals surface area contributed by atoms with E-state index in [4.69, 9.17) is 0 Å². The van der Waals surface area contributed by atoms with Gasteiger partial charge in [-0.2, -0.15) is 0 Å². The number of aliphatic carboxylic acids is 1. The van der Waals surface area contributed by atoms with E-state index in [0.29, 0.717) is 6.54 Å². The molecule has 0 aliphatic heterocycles. The van der Waals surface area contributed by atoms with E-state index in [1.807, 2.05) is 44.2 Å². The van der Waals surface area contributed by atoms with Gasteiger partial charge in [-0.05, 0) is 11.5 Å². The van der Waals surface area contributed by atoms with Crippen molar-refractivity contribution in [3.63, 3.8) is 0 Å². The molecule has 1 rings (SSSR count). The summed E-state index contributed by atoms with van der Waals surface area (Å²) in [6.45, 7) is 4.13. The van der Waals surface area contributed by atoms with Gasteiger partial charge in [-0.1, -0.05) is 44.2 Å². The summed E-state index contributed by atoms with van der Waals surface area (Å²) >= 11 is 0. The Balaban J connectivity index is 2.69. The van der Waals surface area contributed by atoms with Gasteiger partial charge in [0.15, 0.2) is 0 Å². The largest absolute Gasteiger partial charge is 0.480 e. The molecular formula is C14H19NO3. The van der Waals surface area contributed by atoms with Crippen molar-refractivity contribution in [2.24, 2.45) is 11.8 Å². The van der Waals surface area contributed by atoms with Crippen LogP contribution in [0.3, 0.4) is 0 Å². The van der Waals surface area contributed by atoms with Gasteiger partial charge in [0, 0.05) is 12.5 Å². The summed E-state index contributed by atoms with van der Waals surface area (Å²) in [5.41, 5.74) is 0.997. The molecule has 0 aliphatic rings. The number of carbonyl (C=O) groups excluding carboxylic acids is 1. The van der Waals surface area contributed by atoms with Crippen LogP contribution in [0.15, 0.2) is 30.3 Å². The van der Waals surface area contributed by atoms with Crippen molar-refractivity contribution in [3.8, 4) is 0 Å². The summed E-state index contributed by atoms with van der Waals surface area (Å²) in [5.74, 6) is -1.52. The van der Waals surface area contributed by atoms with E-state index in [1.54, 1.807) is 0 Å². The molecule has 0 heterocycles. The molecular weight excluding hydrogens is 230 g/mol. The van der Waals surface area contributed by atoms with Crippen molar-refractivity contribution in [2.75, 3.05) is 0 Å². The lowest BCUT2D eigenvalue weighted by Crippen LogP contribution is -2.45. The molecule has 0 aromatic heterocycles. The van der Waals surface area contributed by atoms with Crippen LogP contribution in [0.2, 0.25) is 0 Å². The first-order valence-corrected chi connectivity index (χ1v) is 6.01. The highest BCUT2D eigenvalue weighted by Gasteiger charge is 2.29. The minimum absolute atomic E-state index is 0.00752. The van der Waals surface area contributed by atoms with Crippen LogP contribution in [0.1, 0.15) is 19.4 Å². The van der Waals surface area contributed by atoms with E-state index in [-0.39, 0.29) is 5.92 Å². The maximum Gasteiger partial charge on any atom is 0.321 e. The van der Waals surface area contributed by atoms with Gasteiger partial charge in [-0.15, -0.1) is 0 Å². The Hall–Kier alpha value is -1.68. The number of hydrogen-bond acceptors (Lipinski definition) is 3. The van der Waals surface area contributed by atoms with Crippen LogP contribution < -0.4 is 5.32 Å². The molecule has 4 nitrogen and oxygen atoms in total. The number of aldehydes is 1. The Kier molecular flexibility index (Phi) is 5.52. The van der Waals surface area contributed by atoms with Crippen molar-refractivity contribution < 1.29 is 14.7 Å². The average Bonchev–Trinajstić information content (AvgIpc) is 2.34. The maximum absolute atomic E-state index is 11.2. The summed E-state index contributed by atoms with van der Waals surface area (Å²) in [6.07, 6.45) is 0.724. The molecule has 0 amide bonds. The topological polar surface area (TPSA) is 66.4 Å². The summed E-state index contributed by atoms with van der Waals surface area (Å²) in [4.78, 5) is 22.2. The standard InChI is InChI=1S/C14H19NO3/c1-10(2)12(9-16)13(14(17)18)15-8-11-6-4-3-5-7-11/h3-7,9-10,12-13,15H,8H2,1-2H3,(H,17,18)/t12?,13-/m0/s1. The first-order valence-electron chi connectivity index (χ1n) is 6.01. The number of benzene rings is 1. The van der Waals surface area contributed by atoms with Gasteiger partial charge in [-0.25, -0.2) is 0 Å². The minimum atomic E-state index is -0.989. The number of rotatable bonds is 7. The molecule has 1 aromatic rings. The molecule has 0 aliphatic carbocycles. The van der Waals surface area contributed by atoms with Crippen LogP contribution in [0.4, 0.5) is 0 Å². The third-order valence-corrected chi connectivity index (χ3v) is 2.95. The second-order valence-corrected chi connectivity index (χ2v) is 4.64. The number of carboxylic acid groups (broad SMARTS) is 1. The molecule has 98 valence electrons. The Morgan fingerprint density at radius 3 is 2.39 bits per heavy atom. The Morgan fingerprint density at radius 2 is 1.94 bits per heavy atom. The molecule has 2 atom stereocenters. The van der Waals surface area contributed by atoms with Crippen LogP contribution in [-0.4, -0.2) is 23.4 Å². The number of carbonyl (C=O) groups is 2. The van der Waals surface area contributed by atoms with Crippen molar-refractivity contribution >= 4 is 12.3 Å². The lowest BCUT2D eigenvalue weighted by molar-refractivity contribution is -0.143. The first kappa shape index (κ1) is 14.4. The van der Waals surface area contributed by atoms with Gasteiger partial charge in [-0.3, -0.25) is 10.1 Å². The van der Waals surface area contributed by atoms with Crippen LogP contribution in [0.5, 0.6) is 0 Å². The number of carboxylic acids is 1. The normalized spacial score (nSPS) is 14.2. The quantitative estimate of drug-likeness (QED) is 0.722. The van der Waals surface area contributed by atoms with Gasteiger partial charge < -0.3 is 9.90 Å². The zero-order chi connectivity index (χ0) is 13.5. The zero-order valence-corrected chi connectivity index (χ0v) is 10.7. The smallest absolute Gasteiger partial charge is 0.321 e. The molecule has 0 saturated carbocycles. The lowest BCUT2D eigenvalue weighted by atomic mass is 9.89. The third kappa shape index (κ3) is 3.96. The van der Waals surface area contributed by atoms with E-state index in [2.05, 4.69) is 5.32 Å². The summed E-state index contributed by atoms with van der Waals surface area (Å²) < 4.78 is 0. The van der Waals surface area contributed by atoms with E-state index < -0.39 is 17.9 Å². The van der Waals surface area contributed by atoms with Crippen LogP contribution in [0, 0.1) is 11.8 Å². The van der Waals surface area contributed by atoms with Gasteiger partial charge in [0.2, 0.25) is 0 Å². The fourth-order valence-corrected chi connectivity index (χ4v) is 1.83. The predicted molar refractivity (Wildman–Crippen MR) is 69.1 cm³/mol. The summed E-state index contributed by atoms with van der Waals surface area (Å²) in [7, 11) is 0. The van der Waals surface area contributed by atoms with Crippen LogP contribution in [-0.2, 0) is 16.1 Å². The first-order chi connectivity index (χ1) is 8.56. The van der Waals surface area contributed by atoms with E-state index in [0.717, 1.165) is 11.8 Å². The molecule has 1 unspecified atom stereocenters. The van der Waals surface area contributed by atoms with Crippen molar-refractivity contribution in [1.82, 2.24) is 5.32 Å². The molecule has 4 heteroatoms. The van der Waals surface area contributed by atoms with Gasteiger partial charge in [0.1, 0.15) is 12.3 Å². The number of hydrogen-bond donors (Lipinski definition) is 2. The average molecular weight is 249 g/mol. The monoisotopic (exact) mass is 249 g/mol. The molecule has 0 radical (unpaired) electrons. The highest BCUT2D eigenvalue weighted by molar-refractivity contribution is 5.78. The van der Waals surface area contributed by atoms with E-state index in [9.17, 15) is 14.7 Å². The molecule has 0 fully saturated rings. The Bertz CT molecular complexity index is 389. The lowest BCUT2D eigenvalue weighted by Gasteiger charge is -2.23. The number of nitrogens with one attached hydrogen (secondary N) is 1. The fourth-order valence-electron chi connectivity index (χ4n) is 1.83. The third-order valence-electron chi connectivity index (χ3n) is 2.95.